The fourth-order valence-electron chi connectivity index (χ4n) is 21.7. The third kappa shape index (κ3) is 6.80. The van der Waals surface area contributed by atoms with Crippen molar-refractivity contribution < 1.29 is 30.0 Å². The molecule has 10 aliphatic rings. The third-order valence-corrected chi connectivity index (χ3v) is 26.8. The maximum atomic E-state index is 12.7. The molecule has 7 heteroatoms. The molecule has 8 fully saturated rings. The first kappa shape index (κ1) is 52.9. The van der Waals surface area contributed by atoms with E-state index in [4.69, 9.17) is 0 Å². The van der Waals surface area contributed by atoms with Crippen molar-refractivity contribution in [2.75, 3.05) is 0 Å². The average molecular weight is 951 g/mol. The van der Waals surface area contributed by atoms with Gasteiger partial charge in [-0.25, -0.2) is 0 Å². The molecular formula is C60H94CaO6. The molecule has 67 heavy (non-hydrogen) atoms. The van der Waals surface area contributed by atoms with Gasteiger partial charge in [0.1, 0.15) is 0 Å². The van der Waals surface area contributed by atoms with Crippen LogP contribution in [0.5, 0.6) is 0 Å². The normalized spacial score (nSPS) is 54.5. The summed E-state index contributed by atoms with van der Waals surface area (Å²) in [5.41, 5.74) is 2.48. The van der Waals surface area contributed by atoms with Crippen molar-refractivity contribution >= 4 is 49.7 Å². The minimum atomic E-state index is -0.792. The van der Waals surface area contributed by atoms with Gasteiger partial charge < -0.3 is 30.0 Å². The number of carbonyl (C=O) groups excluding carboxylic acids is 2. The van der Waals surface area contributed by atoms with E-state index in [2.05, 4.69) is 109 Å². The number of carboxylic acid groups (broad SMARTS) is 2. The summed E-state index contributed by atoms with van der Waals surface area (Å²) in [5.74, 6) is 2.84. The number of fused-ring (bicyclic) bond motifs is 14. The zero-order valence-corrected chi connectivity index (χ0v) is 47.3. The van der Waals surface area contributed by atoms with Gasteiger partial charge in [0.25, 0.3) is 0 Å². The smallest absolute Gasteiger partial charge is 0.550 e. The Morgan fingerprint density at radius 1 is 0.478 bits per heavy atom. The molecule has 0 aromatic carbocycles. The zero-order chi connectivity index (χ0) is 48.4. The zero-order valence-electron chi connectivity index (χ0n) is 45.0. The molecule has 0 spiro atoms. The van der Waals surface area contributed by atoms with Crippen LogP contribution in [0.4, 0.5) is 0 Å². The summed E-state index contributed by atoms with van der Waals surface area (Å²) in [4.78, 5) is 25.4. The van der Waals surface area contributed by atoms with Crippen LogP contribution >= 0.6 is 0 Å². The van der Waals surface area contributed by atoms with Gasteiger partial charge in [-0.05, 0) is 218 Å². The van der Waals surface area contributed by atoms with Crippen molar-refractivity contribution in [3.63, 3.8) is 0 Å². The molecule has 10 rings (SSSR count). The summed E-state index contributed by atoms with van der Waals surface area (Å²) in [6, 6.07) is 0. The van der Waals surface area contributed by atoms with Crippen LogP contribution in [0.1, 0.15) is 213 Å². The second kappa shape index (κ2) is 16.8. The van der Waals surface area contributed by atoms with Gasteiger partial charge in [0.05, 0.1) is 12.2 Å². The Morgan fingerprint density at radius 3 is 1.15 bits per heavy atom. The van der Waals surface area contributed by atoms with Crippen molar-refractivity contribution in [3.05, 3.63) is 23.3 Å². The topological polar surface area (TPSA) is 121 Å². The molecule has 2 N–H and O–H groups in total. The third-order valence-electron chi connectivity index (χ3n) is 26.8. The molecule has 8 saturated carbocycles. The molecule has 0 saturated heterocycles. The number of aliphatic hydroxyl groups excluding tert-OH is 2. The molecule has 0 amide bonds. The SMILES string of the molecule is C[C@H]1[C@H](C)CC[C@]2(C(=O)[O-])CC[C@]3(C)C(=CCC4[C@@]5(C)CC[C@H](O)C(C)(C)C5CC[C@]43C)[C@H]12.C[C@H]1[C@H](C)CC[C@]2(C(=O)[O-])CC[C@]3(C)C(=CCC4[C@@]5(C)CC[C@H](O)C(C)(C)C5CC[C@]43C)[C@H]12.[Ca+2]. The number of hydrogen-bond acceptors (Lipinski definition) is 6. The molecule has 0 radical (unpaired) electrons. The van der Waals surface area contributed by atoms with Crippen molar-refractivity contribution in [2.45, 2.75) is 225 Å². The van der Waals surface area contributed by atoms with Gasteiger partial charge in [0.15, 0.2) is 0 Å². The summed E-state index contributed by atoms with van der Waals surface area (Å²) >= 11 is 0. The van der Waals surface area contributed by atoms with Gasteiger partial charge in [-0.15, -0.1) is 0 Å². The first-order valence-corrected chi connectivity index (χ1v) is 27.7. The van der Waals surface area contributed by atoms with Crippen LogP contribution < -0.4 is 10.2 Å². The Bertz CT molecular complexity index is 1900. The van der Waals surface area contributed by atoms with E-state index in [1.807, 2.05) is 0 Å². The summed E-state index contributed by atoms with van der Waals surface area (Å²) in [6.07, 6.45) is 22.7. The summed E-state index contributed by atoms with van der Waals surface area (Å²) in [6.45, 7) is 33.7. The number of aliphatic carboxylic acids is 2. The fourth-order valence-corrected chi connectivity index (χ4v) is 21.7. The van der Waals surface area contributed by atoms with Crippen molar-refractivity contribution in [1.29, 1.82) is 0 Å². The molecule has 0 aliphatic heterocycles. The number of carbonyl (C=O) groups is 2. The average Bonchev–Trinajstić information content (AvgIpc) is 3.24. The molecule has 0 aromatic rings. The van der Waals surface area contributed by atoms with Crippen molar-refractivity contribution in [3.8, 4) is 0 Å². The van der Waals surface area contributed by atoms with Gasteiger partial charge in [-0.2, -0.15) is 0 Å². The number of aliphatic hydroxyl groups is 2. The first-order chi connectivity index (χ1) is 30.5. The molecule has 372 valence electrons. The van der Waals surface area contributed by atoms with Gasteiger partial charge in [-0.1, -0.05) is 120 Å². The molecule has 0 heterocycles. The monoisotopic (exact) mass is 951 g/mol. The second-order valence-electron chi connectivity index (χ2n) is 28.9. The Labute approximate surface area is 437 Å². The van der Waals surface area contributed by atoms with Gasteiger partial charge in [0.2, 0.25) is 0 Å². The fraction of sp³-hybridized carbons (Fsp3) is 0.900. The molecule has 10 aliphatic carbocycles. The van der Waals surface area contributed by atoms with Crippen LogP contribution in [-0.4, -0.2) is 72.1 Å². The van der Waals surface area contributed by atoms with Gasteiger partial charge in [0, 0.05) is 22.8 Å². The number of carboxylic acids is 2. The van der Waals surface area contributed by atoms with Crippen LogP contribution in [0.3, 0.4) is 0 Å². The summed E-state index contributed by atoms with van der Waals surface area (Å²) in [5, 5.41) is 47.1. The van der Waals surface area contributed by atoms with E-state index < -0.39 is 22.8 Å². The summed E-state index contributed by atoms with van der Waals surface area (Å²) < 4.78 is 0. The predicted molar refractivity (Wildman–Crippen MR) is 266 cm³/mol. The van der Waals surface area contributed by atoms with Gasteiger partial charge >= 0.3 is 37.7 Å². The van der Waals surface area contributed by atoms with Crippen LogP contribution in [0, 0.1) is 113 Å². The van der Waals surface area contributed by atoms with E-state index in [0.717, 1.165) is 89.9 Å². The first-order valence-electron chi connectivity index (χ1n) is 27.7. The van der Waals surface area contributed by atoms with E-state index in [9.17, 15) is 30.0 Å². The van der Waals surface area contributed by atoms with Crippen LogP contribution in [0.25, 0.3) is 0 Å². The Morgan fingerprint density at radius 2 is 0.821 bits per heavy atom. The minimum absolute atomic E-state index is 0. The van der Waals surface area contributed by atoms with E-state index in [1.165, 1.54) is 36.8 Å². The van der Waals surface area contributed by atoms with E-state index in [0.29, 0.717) is 47.3 Å². The Hall–Kier alpha value is -0.400. The van der Waals surface area contributed by atoms with E-state index in [-0.39, 0.29) is 105 Å². The van der Waals surface area contributed by atoms with Gasteiger partial charge in [-0.3, -0.25) is 0 Å². The van der Waals surface area contributed by atoms with Crippen LogP contribution in [-0.2, 0) is 9.59 Å². The molecule has 0 bridgehead atoms. The van der Waals surface area contributed by atoms with Crippen LogP contribution in [0.2, 0.25) is 0 Å². The van der Waals surface area contributed by atoms with E-state index in [1.54, 1.807) is 0 Å². The maximum absolute atomic E-state index is 12.7. The Balaban J connectivity index is 0.000000179. The molecular weight excluding hydrogens is 857 g/mol. The molecule has 6 nitrogen and oxygen atoms in total. The standard InChI is InChI=1S/2C30H48O3.Ca/c2*1-18-10-15-30(25(32)33)17-16-28(6)20(24(30)19(18)2)8-9-22-27(5)13-12-23(31)26(3,4)21(27)11-14-29(22,28)7;/h2*8,18-19,21-24,31H,9-17H2,1-7H3,(H,32,33);/q;;+2/p-2/t2*18-,19+,21?,22?,23+,24+,27+,28-,29-,30+;/m11./s1. The number of hydrogen-bond donors (Lipinski definition) is 2. The van der Waals surface area contributed by atoms with Crippen LogP contribution in [0.15, 0.2) is 23.3 Å². The summed E-state index contributed by atoms with van der Waals surface area (Å²) in [7, 11) is 0. The number of allylic oxidation sites excluding steroid dienone is 4. The minimum Gasteiger partial charge on any atom is -0.550 e. The largest absolute Gasteiger partial charge is 2.00 e. The quantitative estimate of drug-likeness (QED) is 0.210. The van der Waals surface area contributed by atoms with Crippen molar-refractivity contribution in [1.82, 2.24) is 0 Å². The predicted octanol–water partition coefficient (Wildman–Crippen LogP) is 11.1. The maximum Gasteiger partial charge on any atom is 2.00 e. The molecule has 0 aromatic heterocycles. The number of rotatable bonds is 2. The van der Waals surface area contributed by atoms with E-state index >= 15 is 0 Å². The molecule has 20 atom stereocenters. The second-order valence-corrected chi connectivity index (χ2v) is 28.9. The Kier molecular flexibility index (Phi) is 13.3. The molecule has 4 unspecified atom stereocenters. The van der Waals surface area contributed by atoms with Crippen molar-refractivity contribution in [2.24, 2.45) is 113 Å².